The number of benzene rings is 1. The Morgan fingerprint density at radius 1 is 1.26 bits per heavy atom. The third-order valence-corrected chi connectivity index (χ3v) is 3.07. The summed E-state index contributed by atoms with van der Waals surface area (Å²) < 4.78 is 37.1. The van der Waals surface area contributed by atoms with Gasteiger partial charge in [0.15, 0.2) is 0 Å². The summed E-state index contributed by atoms with van der Waals surface area (Å²) in [5.74, 6) is 0. The normalized spacial score (nSPS) is 13.9. The first-order chi connectivity index (χ1) is 8.73. The van der Waals surface area contributed by atoms with E-state index in [0.29, 0.717) is 5.56 Å². The molecule has 0 amide bonds. The van der Waals surface area contributed by atoms with Gasteiger partial charge in [-0.2, -0.15) is 13.2 Å². The average molecular weight is 275 g/mol. The Morgan fingerprint density at radius 2 is 1.89 bits per heavy atom. The second-order valence-corrected chi connectivity index (χ2v) is 4.82. The van der Waals surface area contributed by atoms with Crippen LogP contribution in [-0.2, 0) is 0 Å². The van der Waals surface area contributed by atoms with Crippen LogP contribution in [0.3, 0.4) is 0 Å². The van der Waals surface area contributed by atoms with E-state index in [2.05, 4.69) is 0 Å². The van der Waals surface area contributed by atoms with Crippen molar-refractivity contribution < 1.29 is 18.3 Å². The molecule has 1 N–H and O–H groups in total. The molecule has 1 aromatic carbocycles. The molecule has 0 radical (unpaired) electrons. The van der Waals surface area contributed by atoms with Gasteiger partial charge in [0, 0.05) is 6.54 Å². The van der Waals surface area contributed by atoms with Gasteiger partial charge >= 0.3 is 6.18 Å². The van der Waals surface area contributed by atoms with Crippen molar-refractivity contribution in [2.75, 3.05) is 19.6 Å². The number of nitrogens with zero attached hydrogens (tertiary/aromatic N) is 1. The van der Waals surface area contributed by atoms with Crippen LogP contribution in [0.1, 0.15) is 29.7 Å². The smallest absolute Gasteiger partial charge is 0.387 e. The molecular weight excluding hydrogens is 255 g/mol. The van der Waals surface area contributed by atoms with Gasteiger partial charge in [0.05, 0.1) is 12.6 Å². The third-order valence-electron chi connectivity index (χ3n) is 3.07. The monoisotopic (exact) mass is 275 g/mol. The van der Waals surface area contributed by atoms with E-state index in [-0.39, 0.29) is 13.1 Å². The van der Waals surface area contributed by atoms with Crippen molar-refractivity contribution >= 4 is 0 Å². The van der Waals surface area contributed by atoms with Crippen LogP contribution < -0.4 is 0 Å². The summed E-state index contributed by atoms with van der Waals surface area (Å²) in [6, 6.07) is 5.54. The predicted molar refractivity (Wildman–Crippen MR) is 69.0 cm³/mol. The zero-order valence-corrected chi connectivity index (χ0v) is 11.5. The number of alkyl halides is 3. The topological polar surface area (TPSA) is 23.5 Å². The molecular formula is C14H20F3NO. The van der Waals surface area contributed by atoms with E-state index in [1.54, 1.807) is 13.0 Å². The molecule has 1 unspecified atom stereocenters. The fourth-order valence-corrected chi connectivity index (χ4v) is 2.10. The summed E-state index contributed by atoms with van der Waals surface area (Å²) in [7, 11) is 0. The molecule has 1 aromatic rings. The first kappa shape index (κ1) is 16.0. The van der Waals surface area contributed by atoms with E-state index in [1.165, 1.54) is 4.90 Å². The van der Waals surface area contributed by atoms with Crippen LogP contribution in [0.2, 0.25) is 0 Å². The molecule has 0 aromatic heterocycles. The number of rotatable bonds is 5. The van der Waals surface area contributed by atoms with E-state index >= 15 is 0 Å². The van der Waals surface area contributed by atoms with Gasteiger partial charge in [0.2, 0.25) is 0 Å². The van der Waals surface area contributed by atoms with Crippen molar-refractivity contribution in [1.82, 2.24) is 4.90 Å². The summed E-state index contributed by atoms with van der Waals surface area (Å²) in [4.78, 5) is 1.20. The lowest BCUT2D eigenvalue weighted by molar-refractivity contribution is -0.148. The van der Waals surface area contributed by atoms with Gasteiger partial charge in [0.25, 0.3) is 0 Å². The highest BCUT2D eigenvalue weighted by Gasteiger charge is 2.31. The minimum atomic E-state index is -4.24. The molecule has 19 heavy (non-hydrogen) atoms. The van der Waals surface area contributed by atoms with Crippen LogP contribution in [-0.4, -0.2) is 35.8 Å². The average Bonchev–Trinajstić information content (AvgIpc) is 2.25. The molecule has 0 saturated heterocycles. The Morgan fingerprint density at radius 3 is 2.37 bits per heavy atom. The third kappa shape index (κ3) is 5.20. The zero-order valence-electron chi connectivity index (χ0n) is 11.5. The van der Waals surface area contributed by atoms with Crippen molar-refractivity contribution in [3.8, 4) is 0 Å². The molecule has 2 nitrogen and oxygen atoms in total. The molecule has 1 rings (SSSR count). The number of aliphatic hydroxyl groups is 1. The Bertz CT molecular complexity index is 418. The molecule has 0 bridgehead atoms. The van der Waals surface area contributed by atoms with Gasteiger partial charge in [-0.3, -0.25) is 4.90 Å². The number of aliphatic hydroxyl groups excluding tert-OH is 1. The van der Waals surface area contributed by atoms with Gasteiger partial charge in [-0.05, 0) is 31.5 Å². The van der Waals surface area contributed by atoms with Crippen LogP contribution >= 0.6 is 0 Å². The highest BCUT2D eigenvalue weighted by Crippen LogP contribution is 2.22. The number of halogens is 3. The van der Waals surface area contributed by atoms with E-state index in [4.69, 9.17) is 0 Å². The molecule has 0 aliphatic rings. The van der Waals surface area contributed by atoms with E-state index in [1.807, 2.05) is 26.0 Å². The number of hydrogen-bond acceptors (Lipinski definition) is 2. The molecule has 108 valence electrons. The first-order valence-corrected chi connectivity index (χ1v) is 6.27. The van der Waals surface area contributed by atoms with Crippen LogP contribution in [0.5, 0.6) is 0 Å². The maximum absolute atomic E-state index is 12.4. The minimum Gasteiger partial charge on any atom is -0.387 e. The lowest BCUT2D eigenvalue weighted by atomic mass is 10.0. The van der Waals surface area contributed by atoms with E-state index in [9.17, 15) is 18.3 Å². The summed E-state index contributed by atoms with van der Waals surface area (Å²) in [6.45, 7) is 4.68. The second-order valence-electron chi connectivity index (χ2n) is 4.82. The Balaban J connectivity index is 2.74. The van der Waals surface area contributed by atoms with Gasteiger partial charge in [0.1, 0.15) is 0 Å². The standard InChI is InChI=1S/C14H20F3NO/c1-4-18(9-14(15,16)17)8-13(19)12-6-5-10(2)7-11(12)3/h5-7,13,19H,4,8-9H2,1-3H3. The first-order valence-electron chi connectivity index (χ1n) is 6.27. The maximum atomic E-state index is 12.4. The predicted octanol–water partition coefficient (Wildman–Crippen LogP) is 3.22. The highest BCUT2D eigenvalue weighted by atomic mass is 19.4. The summed E-state index contributed by atoms with van der Waals surface area (Å²) in [6.07, 6.45) is -5.14. The summed E-state index contributed by atoms with van der Waals surface area (Å²) in [5, 5.41) is 10.1. The Hall–Kier alpha value is -1.07. The molecule has 1 atom stereocenters. The summed E-state index contributed by atoms with van der Waals surface area (Å²) in [5.41, 5.74) is 2.65. The quantitative estimate of drug-likeness (QED) is 0.892. The fourth-order valence-electron chi connectivity index (χ4n) is 2.10. The highest BCUT2D eigenvalue weighted by molar-refractivity contribution is 5.32. The Labute approximate surface area is 111 Å². The van der Waals surface area contributed by atoms with Crippen LogP contribution in [0.15, 0.2) is 18.2 Å². The van der Waals surface area contributed by atoms with Crippen LogP contribution in [0.4, 0.5) is 13.2 Å². The number of likely N-dealkylation sites (N-methyl/N-ethyl adjacent to an activating group) is 1. The van der Waals surface area contributed by atoms with Crippen molar-refractivity contribution in [1.29, 1.82) is 0 Å². The van der Waals surface area contributed by atoms with Crippen LogP contribution in [0, 0.1) is 13.8 Å². The molecule has 0 saturated carbocycles. The van der Waals surface area contributed by atoms with Crippen molar-refractivity contribution in [3.63, 3.8) is 0 Å². The molecule has 5 heteroatoms. The SMILES string of the molecule is CCN(CC(O)c1ccc(C)cc1C)CC(F)(F)F. The number of aryl methyl sites for hydroxylation is 2. The van der Waals surface area contributed by atoms with Gasteiger partial charge in [-0.15, -0.1) is 0 Å². The van der Waals surface area contributed by atoms with Crippen molar-refractivity contribution in [2.45, 2.75) is 33.1 Å². The zero-order chi connectivity index (χ0) is 14.6. The Kier molecular flexibility index (Phi) is 5.38. The van der Waals surface area contributed by atoms with Crippen LogP contribution in [0.25, 0.3) is 0 Å². The molecule has 0 fully saturated rings. The molecule has 0 spiro atoms. The van der Waals surface area contributed by atoms with Crippen molar-refractivity contribution in [3.05, 3.63) is 34.9 Å². The fraction of sp³-hybridized carbons (Fsp3) is 0.571. The van der Waals surface area contributed by atoms with Crippen molar-refractivity contribution in [2.24, 2.45) is 0 Å². The largest absolute Gasteiger partial charge is 0.401 e. The van der Waals surface area contributed by atoms with Gasteiger partial charge < -0.3 is 5.11 Å². The second kappa shape index (κ2) is 6.39. The minimum absolute atomic E-state index is 0.0140. The lowest BCUT2D eigenvalue weighted by Crippen LogP contribution is -2.37. The van der Waals surface area contributed by atoms with E-state index in [0.717, 1.165) is 11.1 Å². The van der Waals surface area contributed by atoms with Gasteiger partial charge in [-0.25, -0.2) is 0 Å². The van der Waals surface area contributed by atoms with Gasteiger partial charge in [-0.1, -0.05) is 30.7 Å². The molecule has 0 aliphatic heterocycles. The lowest BCUT2D eigenvalue weighted by Gasteiger charge is -2.25. The summed E-state index contributed by atoms with van der Waals surface area (Å²) >= 11 is 0. The molecule has 0 heterocycles. The number of hydrogen-bond donors (Lipinski definition) is 1. The molecule has 0 aliphatic carbocycles. The maximum Gasteiger partial charge on any atom is 0.401 e. The van der Waals surface area contributed by atoms with E-state index < -0.39 is 18.8 Å².